The van der Waals surface area contributed by atoms with Crippen LogP contribution in [0, 0.1) is 0 Å². The molecule has 0 aromatic carbocycles. The van der Waals surface area contributed by atoms with Crippen LogP contribution in [0.5, 0.6) is 0 Å². The predicted octanol–water partition coefficient (Wildman–Crippen LogP) is 0.592. The van der Waals surface area contributed by atoms with Crippen LogP contribution in [0.3, 0.4) is 0 Å². The number of aryl methyl sites for hydroxylation is 2. The van der Waals surface area contributed by atoms with E-state index in [0.29, 0.717) is 5.56 Å². The van der Waals surface area contributed by atoms with Crippen LogP contribution in [-0.4, -0.2) is 27.8 Å². The van der Waals surface area contributed by atoms with Gasteiger partial charge >= 0.3 is 0 Å². The van der Waals surface area contributed by atoms with Crippen molar-refractivity contribution < 1.29 is 4.79 Å². The molecule has 94 valence electrons. The zero-order chi connectivity index (χ0) is 12.4. The van der Waals surface area contributed by atoms with Crippen molar-refractivity contribution in [3.05, 3.63) is 17.5 Å². The molecule has 1 saturated carbocycles. The van der Waals surface area contributed by atoms with Gasteiger partial charge in [-0.1, -0.05) is 6.92 Å². The van der Waals surface area contributed by atoms with Crippen LogP contribution >= 0.6 is 0 Å². The third kappa shape index (κ3) is 2.49. The third-order valence-electron chi connectivity index (χ3n) is 3.37. The molecule has 0 saturated heterocycles. The molecule has 3 N–H and O–H groups in total. The summed E-state index contributed by atoms with van der Waals surface area (Å²) in [6.45, 7) is 2.00. The highest BCUT2D eigenvalue weighted by molar-refractivity contribution is 5.95. The van der Waals surface area contributed by atoms with Crippen LogP contribution in [0.2, 0.25) is 0 Å². The molecule has 2 unspecified atom stereocenters. The Morgan fingerprint density at radius 1 is 1.65 bits per heavy atom. The average molecular weight is 236 g/mol. The van der Waals surface area contributed by atoms with Crippen LogP contribution in [-0.2, 0) is 13.5 Å². The minimum absolute atomic E-state index is 0.0442. The van der Waals surface area contributed by atoms with Crippen LogP contribution in [0.4, 0.5) is 0 Å². The van der Waals surface area contributed by atoms with Gasteiger partial charge in [-0.2, -0.15) is 5.10 Å². The number of hydrogen-bond donors (Lipinski definition) is 2. The number of aromatic nitrogens is 2. The van der Waals surface area contributed by atoms with Gasteiger partial charge in [0.2, 0.25) is 0 Å². The van der Waals surface area contributed by atoms with Gasteiger partial charge in [-0.05, 0) is 25.7 Å². The van der Waals surface area contributed by atoms with Gasteiger partial charge in [0.05, 0.1) is 11.3 Å². The summed E-state index contributed by atoms with van der Waals surface area (Å²) in [5, 5.41) is 7.28. The summed E-state index contributed by atoms with van der Waals surface area (Å²) < 4.78 is 1.68. The smallest absolute Gasteiger partial charge is 0.255 e. The van der Waals surface area contributed by atoms with Gasteiger partial charge in [0.15, 0.2) is 0 Å². The molecule has 1 fully saturated rings. The normalized spacial score (nSPS) is 23.9. The Bertz CT molecular complexity index is 413. The fraction of sp³-hybridized carbons (Fsp3) is 0.667. The van der Waals surface area contributed by atoms with Gasteiger partial charge in [-0.3, -0.25) is 9.48 Å². The maximum absolute atomic E-state index is 12.1. The van der Waals surface area contributed by atoms with Crippen molar-refractivity contribution in [2.75, 3.05) is 0 Å². The standard InChI is InChI=1S/C12H20N4O/c1-3-10-8(7-16(2)15-10)12(17)14-11-6-4-5-9(11)13/h7,9,11H,3-6,13H2,1-2H3,(H,14,17). The molecule has 5 heteroatoms. The van der Waals surface area contributed by atoms with Gasteiger partial charge in [0.25, 0.3) is 5.91 Å². The lowest BCUT2D eigenvalue weighted by Gasteiger charge is -2.16. The first kappa shape index (κ1) is 12.1. The van der Waals surface area contributed by atoms with Gasteiger partial charge < -0.3 is 11.1 Å². The van der Waals surface area contributed by atoms with Crippen molar-refractivity contribution in [1.29, 1.82) is 0 Å². The molecular weight excluding hydrogens is 216 g/mol. The van der Waals surface area contributed by atoms with Crippen molar-refractivity contribution in [3.8, 4) is 0 Å². The van der Waals surface area contributed by atoms with E-state index in [4.69, 9.17) is 5.73 Å². The van der Waals surface area contributed by atoms with E-state index >= 15 is 0 Å². The monoisotopic (exact) mass is 236 g/mol. The lowest BCUT2D eigenvalue weighted by atomic mass is 10.1. The first-order valence-electron chi connectivity index (χ1n) is 6.20. The molecule has 1 aliphatic rings. The van der Waals surface area contributed by atoms with E-state index < -0.39 is 0 Å². The van der Waals surface area contributed by atoms with E-state index in [1.807, 2.05) is 14.0 Å². The van der Waals surface area contributed by atoms with Crippen molar-refractivity contribution in [3.63, 3.8) is 0 Å². The summed E-state index contributed by atoms with van der Waals surface area (Å²) in [7, 11) is 1.83. The lowest BCUT2D eigenvalue weighted by Crippen LogP contribution is -2.44. The molecule has 1 amide bonds. The number of amides is 1. The topological polar surface area (TPSA) is 72.9 Å². The van der Waals surface area contributed by atoms with Crippen molar-refractivity contribution in [1.82, 2.24) is 15.1 Å². The summed E-state index contributed by atoms with van der Waals surface area (Å²) >= 11 is 0. The molecule has 0 bridgehead atoms. The molecule has 2 atom stereocenters. The predicted molar refractivity (Wildman–Crippen MR) is 65.7 cm³/mol. The Balaban J connectivity index is 2.08. The number of hydrogen-bond acceptors (Lipinski definition) is 3. The van der Waals surface area contributed by atoms with Crippen molar-refractivity contribution >= 4 is 5.91 Å². The van der Waals surface area contributed by atoms with E-state index in [1.165, 1.54) is 0 Å². The molecule has 2 rings (SSSR count). The van der Waals surface area contributed by atoms with Gasteiger partial charge in [-0.15, -0.1) is 0 Å². The number of nitrogens with zero attached hydrogens (tertiary/aromatic N) is 2. The third-order valence-corrected chi connectivity index (χ3v) is 3.37. The number of nitrogens with one attached hydrogen (secondary N) is 1. The molecule has 1 aromatic rings. The minimum Gasteiger partial charge on any atom is -0.348 e. The Kier molecular flexibility index (Phi) is 3.47. The van der Waals surface area contributed by atoms with Crippen molar-refractivity contribution in [2.45, 2.75) is 44.7 Å². The van der Waals surface area contributed by atoms with E-state index in [0.717, 1.165) is 31.4 Å². The molecule has 0 radical (unpaired) electrons. The number of carbonyl (C=O) groups is 1. The second-order valence-corrected chi connectivity index (χ2v) is 4.69. The van der Waals surface area contributed by atoms with Gasteiger partial charge in [0.1, 0.15) is 0 Å². The highest BCUT2D eigenvalue weighted by Gasteiger charge is 2.26. The maximum Gasteiger partial charge on any atom is 0.255 e. The first-order chi connectivity index (χ1) is 8.11. The van der Waals surface area contributed by atoms with E-state index in [2.05, 4.69) is 10.4 Å². The Labute approximate surface area is 101 Å². The van der Waals surface area contributed by atoms with E-state index in [1.54, 1.807) is 10.9 Å². The molecule has 5 nitrogen and oxygen atoms in total. The van der Waals surface area contributed by atoms with Crippen LogP contribution < -0.4 is 11.1 Å². The molecule has 1 aromatic heterocycles. The fourth-order valence-corrected chi connectivity index (χ4v) is 2.40. The van der Waals surface area contributed by atoms with E-state index in [9.17, 15) is 4.79 Å². The van der Waals surface area contributed by atoms with Gasteiger partial charge in [0, 0.05) is 25.3 Å². The highest BCUT2D eigenvalue weighted by Crippen LogP contribution is 2.18. The Morgan fingerprint density at radius 3 is 3.00 bits per heavy atom. The molecule has 0 aliphatic heterocycles. The minimum atomic E-state index is -0.0442. The van der Waals surface area contributed by atoms with Crippen LogP contribution in [0.1, 0.15) is 42.2 Å². The number of rotatable bonds is 3. The molecule has 1 heterocycles. The number of nitrogens with two attached hydrogens (primary N) is 1. The molecule has 0 spiro atoms. The van der Waals surface area contributed by atoms with Crippen molar-refractivity contribution in [2.24, 2.45) is 12.8 Å². The molecule has 17 heavy (non-hydrogen) atoms. The summed E-state index contributed by atoms with van der Waals surface area (Å²) in [5.41, 5.74) is 7.46. The summed E-state index contributed by atoms with van der Waals surface area (Å²) in [4.78, 5) is 12.1. The Morgan fingerprint density at radius 2 is 2.41 bits per heavy atom. The second kappa shape index (κ2) is 4.87. The zero-order valence-corrected chi connectivity index (χ0v) is 10.4. The quantitative estimate of drug-likeness (QED) is 0.807. The molecular formula is C12H20N4O. The Hall–Kier alpha value is -1.36. The number of carbonyl (C=O) groups excluding carboxylic acids is 1. The fourth-order valence-electron chi connectivity index (χ4n) is 2.40. The van der Waals surface area contributed by atoms with E-state index in [-0.39, 0.29) is 18.0 Å². The summed E-state index contributed by atoms with van der Waals surface area (Å²) in [6, 6.07) is 0.216. The summed E-state index contributed by atoms with van der Waals surface area (Å²) in [5.74, 6) is -0.0442. The zero-order valence-electron chi connectivity index (χ0n) is 10.4. The molecule has 1 aliphatic carbocycles. The first-order valence-corrected chi connectivity index (χ1v) is 6.20. The second-order valence-electron chi connectivity index (χ2n) is 4.69. The average Bonchev–Trinajstić information content (AvgIpc) is 2.85. The summed E-state index contributed by atoms with van der Waals surface area (Å²) in [6.07, 6.45) is 5.61. The lowest BCUT2D eigenvalue weighted by molar-refractivity contribution is 0.0933. The SMILES string of the molecule is CCc1nn(C)cc1C(=O)NC1CCCC1N. The van der Waals surface area contributed by atoms with Gasteiger partial charge in [-0.25, -0.2) is 0 Å². The van der Waals surface area contributed by atoms with Crippen LogP contribution in [0.15, 0.2) is 6.20 Å². The maximum atomic E-state index is 12.1. The largest absolute Gasteiger partial charge is 0.348 e. The highest BCUT2D eigenvalue weighted by atomic mass is 16.1. The van der Waals surface area contributed by atoms with Crippen LogP contribution in [0.25, 0.3) is 0 Å².